The number of hydrogen-bond acceptors (Lipinski definition) is 3. The molecule has 0 aliphatic carbocycles. The summed E-state index contributed by atoms with van der Waals surface area (Å²) in [5, 5.41) is 0. The molecule has 1 aliphatic heterocycles. The van der Waals surface area contributed by atoms with Gasteiger partial charge < -0.3 is 15.4 Å². The van der Waals surface area contributed by atoms with Crippen molar-refractivity contribution in [2.24, 2.45) is 0 Å². The molecule has 2 aromatic rings. The molecule has 0 aromatic heterocycles. The molecule has 3 nitrogen and oxygen atoms in total. The third-order valence-electron chi connectivity index (χ3n) is 3.72. The molecular weight excluding hydrogens is 255 g/mol. The Balaban J connectivity index is 1.93. The van der Waals surface area contributed by atoms with Gasteiger partial charge in [-0.15, -0.1) is 0 Å². The minimum atomic E-state index is -0.249. The summed E-state index contributed by atoms with van der Waals surface area (Å²) in [6.45, 7) is 1.49. The Hall–Kier alpha value is -2.23. The molecule has 0 fully saturated rings. The van der Waals surface area contributed by atoms with Crippen LogP contribution < -0.4 is 15.4 Å². The van der Waals surface area contributed by atoms with Crippen LogP contribution in [0.3, 0.4) is 0 Å². The highest BCUT2D eigenvalue weighted by Gasteiger charge is 2.22. The van der Waals surface area contributed by atoms with Crippen molar-refractivity contribution in [3.05, 3.63) is 53.3 Å². The smallest absolute Gasteiger partial charge is 0.124 e. The van der Waals surface area contributed by atoms with Gasteiger partial charge in [0.25, 0.3) is 0 Å². The third kappa shape index (κ3) is 2.18. The highest BCUT2D eigenvalue weighted by molar-refractivity contribution is 5.74. The fraction of sp³-hybridized carbons (Fsp3) is 0.250. The zero-order valence-corrected chi connectivity index (χ0v) is 11.4. The maximum atomic E-state index is 13.4. The zero-order valence-electron chi connectivity index (χ0n) is 11.4. The summed E-state index contributed by atoms with van der Waals surface area (Å²) in [5.41, 5.74) is 10.00. The second-order valence-corrected chi connectivity index (χ2v) is 4.98. The van der Waals surface area contributed by atoms with Crippen LogP contribution in [-0.4, -0.2) is 13.7 Å². The maximum absolute atomic E-state index is 13.4. The first-order valence-electron chi connectivity index (χ1n) is 6.64. The van der Waals surface area contributed by atoms with Gasteiger partial charge in [-0.3, -0.25) is 0 Å². The number of nitrogen functional groups attached to an aromatic ring is 1. The summed E-state index contributed by atoms with van der Waals surface area (Å²) in [5.74, 6) is 0.454. The van der Waals surface area contributed by atoms with Crippen molar-refractivity contribution in [2.45, 2.75) is 13.0 Å². The first-order valence-corrected chi connectivity index (χ1v) is 6.64. The summed E-state index contributed by atoms with van der Waals surface area (Å²) in [7, 11) is 1.60. The number of nitrogens with two attached hydrogens (primary N) is 1. The molecule has 0 radical (unpaired) electrons. The van der Waals surface area contributed by atoms with Gasteiger partial charge in [0, 0.05) is 18.7 Å². The van der Waals surface area contributed by atoms with E-state index in [0.29, 0.717) is 12.3 Å². The molecule has 104 valence electrons. The Morgan fingerprint density at radius 2 is 2.15 bits per heavy atom. The van der Waals surface area contributed by atoms with Crippen LogP contribution in [0.2, 0.25) is 0 Å². The maximum Gasteiger partial charge on any atom is 0.124 e. The lowest BCUT2D eigenvalue weighted by Crippen LogP contribution is -2.21. The predicted molar refractivity (Wildman–Crippen MR) is 78.6 cm³/mol. The van der Waals surface area contributed by atoms with Crippen LogP contribution in [0.5, 0.6) is 5.75 Å². The molecule has 0 atom stereocenters. The van der Waals surface area contributed by atoms with Crippen molar-refractivity contribution < 1.29 is 9.13 Å². The van der Waals surface area contributed by atoms with Gasteiger partial charge in [0.15, 0.2) is 0 Å². The molecule has 4 heteroatoms. The Bertz CT molecular complexity index is 642. The average molecular weight is 272 g/mol. The molecule has 0 spiro atoms. The molecule has 20 heavy (non-hydrogen) atoms. The largest absolute Gasteiger partial charge is 0.496 e. The van der Waals surface area contributed by atoms with Crippen LogP contribution in [0.15, 0.2) is 36.4 Å². The second-order valence-electron chi connectivity index (χ2n) is 4.98. The summed E-state index contributed by atoms with van der Waals surface area (Å²) in [6.07, 6.45) is 0.970. The van der Waals surface area contributed by atoms with Crippen molar-refractivity contribution in [1.82, 2.24) is 0 Å². The number of methoxy groups -OCH3 is 1. The topological polar surface area (TPSA) is 38.5 Å². The van der Waals surface area contributed by atoms with Crippen molar-refractivity contribution in [3.8, 4) is 5.75 Å². The number of benzene rings is 2. The van der Waals surface area contributed by atoms with Gasteiger partial charge in [-0.1, -0.05) is 12.1 Å². The number of fused-ring (bicyclic) bond motifs is 1. The fourth-order valence-corrected chi connectivity index (χ4v) is 2.80. The molecule has 1 aliphatic rings. The van der Waals surface area contributed by atoms with E-state index in [0.717, 1.165) is 29.9 Å². The normalized spacial score (nSPS) is 13.4. The molecule has 2 N–H and O–H groups in total. The molecule has 0 saturated heterocycles. The van der Waals surface area contributed by atoms with E-state index in [1.165, 1.54) is 17.7 Å². The van der Waals surface area contributed by atoms with E-state index in [1.54, 1.807) is 13.2 Å². The van der Waals surface area contributed by atoms with E-state index >= 15 is 0 Å². The Kier molecular flexibility index (Phi) is 3.22. The highest BCUT2D eigenvalue weighted by Crippen LogP contribution is 2.35. The number of hydrogen-bond donors (Lipinski definition) is 1. The van der Waals surface area contributed by atoms with Crippen molar-refractivity contribution in [2.75, 3.05) is 24.3 Å². The summed E-state index contributed by atoms with van der Waals surface area (Å²) < 4.78 is 18.7. The van der Waals surface area contributed by atoms with Crippen LogP contribution in [0.1, 0.15) is 11.1 Å². The molecule has 0 saturated carbocycles. The van der Waals surface area contributed by atoms with Crippen LogP contribution in [0.4, 0.5) is 15.8 Å². The average Bonchev–Trinajstić information content (AvgIpc) is 2.84. The molecule has 0 amide bonds. The van der Waals surface area contributed by atoms with Crippen LogP contribution in [0, 0.1) is 5.82 Å². The van der Waals surface area contributed by atoms with E-state index in [-0.39, 0.29) is 5.82 Å². The zero-order chi connectivity index (χ0) is 14.1. The lowest BCUT2D eigenvalue weighted by atomic mass is 10.1. The van der Waals surface area contributed by atoms with E-state index < -0.39 is 0 Å². The second kappa shape index (κ2) is 5.04. The number of ether oxygens (including phenoxy) is 1. The van der Waals surface area contributed by atoms with Crippen molar-refractivity contribution >= 4 is 11.4 Å². The predicted octanol–water partition coefficient (Wildman–Crippen LogP) is 2.98. The van der Waals surface area contributed by atoms with E-state index in [1.807, 2.05) is 12.1 Å². The van der Waals surface area contributed by atoms with Gasteiger partial charge in [-0.25, -0.2) is 4.39 Å². The van der Waals surface area contributed by atoms with Gasteiger partial charge in [-0.05, 0) is 36.2 Å². The lowest BCUT2D eigenvalue weighted by Gasteiger charge is -2.22. The van der Waals surface area contributed by atoms with Gasteiger partial charge >= 0.3 is 0 Å². The lowest BCUT2D eigenvalue weighted by molar-refractivity contribution is 0.408. The minimum Gasteiger partial charge on any atom is -0.496 e. The number of nitrogens with zero attached hydrogens (tertiary/aromatic N) is 1. The Morgan fingerprint density at radius 3 is 2.95 bits per heavy atom. The SMILES string of the molecule is COc1ccc(F)cc1CN1CCc2cccc(N)c21. The van der Waals surface area contributed by atoms with Crippen LogP contribution in [-0.2, 0) is 13.0 Å². The van der Waals surface area contributed by atoms with E-state index in [9.17, 15) is 4.39 Å². The highest BCUT2D eigenvalue weighted by atomic mass is 19.1. The van der Waals surface area contributed by atoms with Crippen LogP contribution in [0.25, 0.3) is 0 Å². The van der Waals surface area contributed by atoms with Crippen molar-refractivity contribution in [1.29, 1.82) is 0 Å². The molecule has 0 bridgehead atoms. The standard InChI is InChI=1S/C16H17FN2O/c1-20-15-6-5-13(17)9-12(15)10-19-8-7-11-3-2-4-14(18)16(11)19/h2-6,9H,7-8,10,18H2,1H3. The molecule has 2 aromatic carbocycles. The van der Waals surface area contributed by atoms with E-state index in [2.05, 4.69) is 11.0 Å². The fourth-order valence-electron chi connectivity index (χ4n) is 2.80. The molecular formula is C16H17FN2O. The number of rotatable bonds is 3. The van der Waals surface area contributed by atoms with Crippen LogP contribution >= 0.6 is 0 Å². The van der Waals surface area contributed by atoms with Gasteiger partial charge in [0.1, 0.15) is 11.6 Å². The summed E-state index contributed by atoms with van der Waals surface area (Å²) >= 11 is 0. The number of anilines is 2. The summed E-state index contributed by atoms with van der Waals surface area (Å²) in [4.78, 5) is 2.18. The monoisotopic (exact) mass is 272 g/mol. The first kappa shape index (κ1) is 12.8. The van der Waals surface area contributed by atoms with Gasteiger partial charge in [0.2, 0.25) is 0 Å². The Morgan fingerprint density at radius 1 is 1.30 bits per heavy atom. The first-order chi connectivity index (χ1) is 9.69. The van der Waals surface area contributed by atoms with Crippen molar-refractivity contribution in [3.63, 3.8) is 0 Å². The molecule has 0 unspecified atom stereocenters. The van der Waals surface area contributed by atoms with Gasteiger partial charge in [0.05, 0.1) is 18.5 Å². The number of para-hydroxylation sites is 1. The minimum absolute atomic E-state index is 0.249. The molecule has 1 heterocycles. The van der Waals surface area contributed by atoms with E-state index in [4.69, 9.17) is 10.5 Å². The van der Waals surface area contributed by atoms with Gasteiger partial charge in [-0.2, -0.15) is 0 Å². The quantitative estimate of drug-likeness (QED) is 0.873. The molecule has 3 rings (SSSR count). The Labute approximate surface area is 117 Å². The third-order valence-corrected chi connectivity index (χ3v) is 3.72. The summed E-state index contributed by atoms with van der Waals surface area (Å²) in [6, 6.07) is 10.6. The number of halogens is 1.